The lowest BCUT2D eigenvalue weighted by Crippen LogP contribution is -2.51. The Kier molecular flexibility index (Phi) is 7.15. The van der Waals surface area contributed by atoms with Crippen LogP contribution in [-0.2, 0) is 11.3 Å². The highest BCUT2D eigenvalue weighted by atomic mass is 32.1. The van der Waals surface area contributed by atoms with E-state index in [0.29, 0.717) is 21.5 Å². The number of likely N-dealkylation sites (N-methyl/N-ethyl adjacent to an activating group) is 1. The molecule has 0 amide bonds. The Morgan fingerprint density at radius 1 is 1.12 bits per heavy atom. The number of carbonyl (C=O) groups is 1. The maximum atomic E-state index is 16.4. The third kappa shape index (κ3) is 5.05. The molecule has 2 atom stereocenters. The summed E-state index contributed by atoms with van der Waals surface area (Å²) in [6.07, 6.45) is 6.35. The molecule has 0 radical (unpaired) electrons. The van der Waals surface area contributed by atoms with Gasteiger partial charge in [-0.25, -0.2) is 23.7 Å². The molecule has 0 spiro atoms. The highest BCUT2D eigenvalue weighted by Crippen LogP contribution is 2.47. The molecule has 4 aromatic rings. The first-order chi connectivity index (χ1) is 20.3. The fourth-order valence-corrected chi connectivity index (χ4v) is 8.01. The third-order valence-electron chi connectivity index (χ3n) is 9.27. The summed E-state index contributed by atoms with van der Waals surface area (Å²) >= 11 is 1.49. The molecule has 3 aliphatic carbocycles. The normalized spacial score (nSPS) is 24.8. The molecule has 42 heavy (non-hydrogen) atoms. The van der Waals surface area contributed by atoms with Gasteiger partial charge in [-0.3, -0.25) is 9.69 Å². The first-order valence-corrected chi connectivity index (χ1v) is 15.4. The van der Waals surface area contributed by atoms with Gasteiger partial charge in [0.15, 0.2) is 17.5 Å². The lowest BCUT2D eigenvalue weighted by molar-refractivity contribution is -0.148. The Labute approximate surface area is 246 Å². The van der Waals surface area contributed by atoms with Crippen molar-refractivity contribution in [3.8, 4) is 22.0 Å². The smallest absolute Gasteiger partial charge is 0.308 e. The average Bonchev–Trinajstić information content (AvgIpc) is 3.63. The zero-order valence-corrected chi connectivity index (χ0v) is 24.1. The van der Waals surface area contributed by atoms with Gasteiger partial charge < -0.3 is 20.3 Å². The SMILES string of the molecule is CN1CCN(Cc2ccc(-c3nc(-c4c[nH]c5ncc(F)cc45)nc(N[C@H]4C5CCC(CC5)[C@@H]4C(=O)O)c3F)s2)CC1. The van der Waals surface area contributed by atoms with Gasteiger partial charge in [-0.15, -0.1) is 11.3 Å². The summed E-state index contributed by atoms with van der Waals surface area (Å²) in [6.45, 7) is 4.75. The molecule has 9 nitrogen and oxygen atoms in total. The van der Waals surface area contributed by atoms with E-state index in [1.807, 2.05) is 12.1 Å². The minimum Gasteiger partial charge on any atom is -0.481 e. The number of H-pyrrole nitrogens is 1. The maximum absolute atomic E-state index is 16.4. The number of piperazine rings is 1. The standard InChI is InChI=1S/C30H33F2N7O2S/c1-38-8-10-39(11-9-38)15-19-6-7-22(42-19)26-24(32)29(35-25-17-4-2-16(3-5-17)23(25)30(40)41)37-28(36-26)21-14-34-27-20(21)12-18(31)13-33-27/h6-7,12-14,16-17,23,25H,2-5,8-11,15H2,1H3,(H,33,34)(H,40,41)(H,35,36,37)/t16?,17?,23-,25-/m0/s1. The van der Waals surface area contributed by atoms with Gasteiger partial charge in [-0.2, -0.15) is 0 Å². The number of hydrogen-bond donors (Lipinski definition) is 3. The Balaban J connectivity index is 1.28. The van der Waals surface area contributed by atoms with E-state index in [1.54, 1.807) is 6.20 Å². The number of rotatable bonds is 7. The zero-order chi connectivity index (χ0) is 29.0. The number of pyridine rings is 1. The average molecular weight is 594 g/mol. The quantitative estimate of drug-likeness (QED) is 0.272. The molecule has 220 valence electrons. The number of halogens is 2. The largest absolute Gasteiger partial charge is 0.481 e. The number of anilines is 1. The number of aromatic nitrogens is 4. The highest BCUT2D eigenvalue weighted by molar-refractivity contribution is 7.15. The Bertz CT molecular complexity index is 1630. The van der Waals surface area contributed by atoms with Crippen molar-refractivity contribution in [3.05, 3.63) is 47.1 Å². The number of fused-ring (bicyclic) bond motifs is 4. The monoisotopic (exact) mass is 593 g/mol. The predicted molar refractivity (Wildman–Crippen MR) is 157 cm³/mol. The number of aliphatic carboxylic acids is 1. The third-order valence-corrected chi connectivity index (χ3v) is 10.3. The van der Waals surface area contributed by atoms with Gasteiger partial charge in [0, 0.05) is 60.8 Å². The van der Waals surface area contributed by atoms with Gasteiger partial charge in [0.2, 0.25) is 0 Å². The summed E-state index contributed by atoms with van der Waals surface area (Å²) in [7, 11) is 2.12. The van der Waals surface area contributed by atoms with Crippen molar-refractivity contribution in [2.24, 2.45) is 17.8 Å². The highest BCUT2D eigenvalue weighted by Gasteiger charge is 2.47. The molecule has 12 heteroatoms. The van der Waals surface area contributed by atoms with Crippen LogP contribution in [0.5, 0.6) is 0 Å². The molecule has 3 N–H and O–H groups in total. The van der Waals surface area contributed by atoms with Gasteiger partial charge in [-0.05, 0) is 62.8 Å². The van der Waals surface area contributed by atoms with E-state index in [9.17, 15) is 14.3 Å². The number of carboxylic acid groups (broad SMARTS) is 1. The summed E-state index contributed by atoms with van der Waals surface area (Å²) < 4.78 is 30.5. The van der Waals surface area contributed by atoms with E-state index >= 15 is 4.39 Å². The molecule has 0 aromatic carbocycles. The molecule has 4 fully saturated rings. The van der Waals surface area contributed by atoms with Gasteiger partial charge in [-0.1, -0.05) is 0 Å². The van der Waals surface area contributed by atoms with Crippen molar-refractivity contribution in [3.63, 3.8) is 0 Å². The van der Waals surface area contributed by atoms with Crippen LogP contribution in [0.3, 0.4) is 0 Å². The zero-order valence-electron chi connectivity index (χ0n) is 23.3. The summed E-state index contributed by atoms with van der Waals surface area (Å²) in [5, 5.41) is 13.8. The van der Waals surface area contributed by atoms with Crippen molar-refractivity contribution in [2.45, 2.75) is 38.3 Å². The lowest BCUT2D eigenvalue weighted by atomic mass is 9.61. The summed E-state index contributed by atoms with van der Waals surface area (Å²) in [6, 6.07) is 4.82. The van der Waals surface area contributed by atoms with Crippen LogP contribution in [0.2, 0.25) is 0 Å². The first-order valence-electron chi connectivity index (χ1n) is 14.5. The van der Waals surface area contributed by atoms with Crippen molar-refractivity contribution in [1.29, 1.82) is 0 Å². The topological polar surface area (TPSA) is 110 Å². The molecular weight excluding hydrogens is 560 g/mol. The second-order valence-electron chi connectivity index (χ2n) is 11.9. The Morgan fingerprint density at radius 3 is 2.64 bits per heavy atom. The second kappa shape index (κ2) is 11.0. The number of aromatic amines is 1. The molecule has 8 rings (SSSR count). The second-order valence-corrected chi connectivity index (χ2v) is 13.0. The minimum absolute atomic E-state index is 0.0217. The minimum atomic E-state index is -0.859. The predicted octanol–water partition coefficient (Wildman–Crippen LogP) is 5.08. The number of hydrogen-bond acceptors (Lipinski definition) is 8. The number of nitrogens with zero attached hydrogens (tertiary/aromatic N) is 5. The molecule has 1 aliphatic heterocycles. The van der Waals surface area contributed by atoms with Gasteiger partial charge in [0.1, 0.15) is 17.2 Å². The molecule has 3 saturated carbocycles. The number of nitrogens with one attached hydrogen (secondary N) is 2. The van der Waals surface area contributed by atoms with Crippen LogP contribution in [0.25, 0.3) is 33.0 Å². The Morgan fingerprint density at radius 2 is 1.88 bits per heavy atom. The maximum Gasteiger partial charge on any atom is 0.308 e. The van der Waals surface area contributed by atoms with Crippen LogP contribution < -0.4 is 5.32 Å². The van der Waals surface area contributed by atoms with Gasteiger partial charge >= 0.3 is 5.97 Å². The van der Waals surface area contributed by atoms with E-state index in [0.717, 1.165) is 69.5 Å². The van der Waals surface area contributed by atoms with Crippen molar-refractivity contribution >= 4 is 34.2 Å². The molecule has 1 saturated heterocycles. The van der Waals surface area contributed by atoms with E-state index in [-0.39, 0.29) is 29.2 Å². The fraction of sp³-hybridized carbons (Fsp3) is 0.467. The number of carboxylic acids is 1. The fourth-order valence-electron chi connectivity index (χ4n) is 6.98. The van der Waals surface area contributed by atoms with Crippen LogP contribution in [-0.4, -0.2) is 80.1 Å². The molecule has 2 bridgehead atoms. The first kappa shape index (κ1) is 27.4. The molecule has 5 heterocycles. The van der Waals surface area contributed by atoms with Crippen LogP contribution in [0, 0.1) is 29.4 Å². The summed E-state index contributed by atoms with van der Waals surface area (Å²) in [4.78, 5) is 35.2. The van der Waals surface area contributed by atoms with Gasteiger partial charge in [0.25, 0.3) is 0 Å². The van der Waals surface area contributed by atoms with Crippen LogP contribution in [0.4, 0.5) is 14.6 Å². The molecule has 4 aliphatic rings. The van der Waals surface area contributed by atoms with Gasteiger partial charge in [0.05, 0.1) is 17.0 Å². The number of thiophene rings is 1. The van der Waals surface area contributed by atoms with Crippen molar-refractivity contribution in [2.75, 3.05) is 38.5 Å². The Hall–Kier alpha value is -3.48. The van der Waals surface area contributed by atoms with Crippen molar-refractivity contribution in [1.82, 2.24) is 29.7 Å². The summed E-state index contributed by atoms with van der Waals surface area (Å²) in [5.74, 6) is -2.20. The van der Waals surface area contributed by atoms with E-state index in [4.69, 9.17) is 0 Å². The van der Waals surface area contributed by atoms with Crippen molar-refractivity contribution < 1.29 is 18.7 Å². The van der Waals surface area contributed by atoms with Crippen LogP contribution in [0.1, 0.15) is 30.6 Å². The van der Waals surface area contributed by atoms with Crippen LogP contribution in [0.15, 0.2) is 30.6 Å². The molecule has 4 aromatic heterocycles. The summed E-state index contributed by atoms with van der Waals surface area (Å²) in [5.41, 5.74) is 1.11. The molecular formula is C30H33F2N7O2S. The van der Waals surface area contributed by atoms with Crippen LogP contribution >= 0.6 is 11.3 Å². The van der Waals surface area contributed by atoms with E-state index < -0.39 is 29.6 Å². The molecule has 0 unspecified atom stereocenters. The van der Waals surface area contributed by atoms with E-state index in [1.165, 1.54) is 17.4 Å². The van der Waals surface area contributed by atoms with E-state index in [2.05, 4.69) is 42.1 Å². The lowest BCUT2D eigenvalue weighted by Gasteiger charge is -2.47.